The smallest absolute Gasteiger partial charge is 0.147 e. The highest BCUT2D eigenvalue weighted by Gasteiger charge is 2.27. The van der Waals surface area contributed by atoms with Crippen LogP contribution in [-0.2, 0) is 4.74 Å². The van der Waals surface area contributed by atoms with Gasteiger partial charge in [-0.1, -0.05) is 6.92 Å². The molecule has 4 heteroatoms. The normalized spacial score (nSPS) is 19.0. The van der Waals surface area contributed by atoms with E-state index in [9.17, 15) is 0 Å². The summed E-state index contributed by atoms with van der Waals surface area (Å²) in [7, 11) is 0. The van der Waals surface area contributed by atoms with Gasteiger partial charge in [-0.05, 0) is 32.1 Å². The van der Waals surface area contributed by atoms with Crippen molar-refractivity contribution >= 4 is 5.82 Å². The van der Waals surface area contributed by atoms with Crippen molar-refractivity contribution in [3.05, 3.63) is 17.6 Å². The molecular formula is C13H21N3O. The second-order valence-electron chi connectivity index (χ2n) is 5.22. The quantitative estimate of drug-likeness (QED) is 0.873. The van der Waals surface area contributed by atoms with E-state index in [0.717, 1.165) is 49.8 Å². The first-order valence-corrected chi connectivity index (χ1v) is 6.21. The molecule has 1 aliphatic heterocycles. The number of nitrogens with one attached hydrogen (secondary N) is 1. The van der Waals surface area contributed by atoms with Crippen molar-refractivity contribution in [2.75, 3.05) is 25.1 Å². The van der Waals surface area contributed by atoms with Gasteiger partial charge in [-0.3, -0.25) is 4.98 Å². The van der Waals surface area contributed by atoms with Crippen molar-refractivity contribution in [3.63, 3.8) is 0 Å². The summed E-state index contributed by atoms with van der Waals surface area (Å²) in [4.78, 5) is 8.80. The summed E-state index contributed by atoms with van der Waals surface area (Å²) in [5, 5.41) is 3.43. The third-order valence-corrected chi connectivity index (χ3v) is 3.46. The molecular weight excluding hydrogens is 214 g/mol. The van der Waals surface area contributed by atoms with E-state index in [4.69, 9.17) is 4.74 Å². The van der Waals surface area contributed by atoms with E-state index in [2.05, 4.69) is 22.2 Å². The zero-order valence-electron chi connectivity index (χ0n) is 10.9. The summed E-state index contributed by atoms with van der Waals surface area (Å²) >= 11 is 0. The van der Waals surface area contributed by atoms with Crippen molar-refractivity contribution in [2.45, 2.75) is 33.6 Å². The van der Waals surface area contributed by atoms with Gasteiger partial charge in [-0.15, -0.1) is 0 Å². The van der Waals surface area contributed by atoms with E-state index >= 15 is 0 Å². The maximum absolute atomic E-state index is 5.40. The molecule has 4 nitrogen and oxygen atoms in total. The molecule has 1 N–H and O–H groups in total. The standard InChI is InChI=1S/C13H21N3O/c1-10-8-14-11(2)12(16-10)15-9-13(3)4-6-17-7-5-13/h8H,4-7,9H2,1-3H3,(H,15,16). The maximum atomic E-state index is 5.40. The second-order valence-corrected chi connectivity index (χ2v) is 5.22. The molecule has 0 radical (unpaired) electrons. The van der Waals surface area contributed by atoms with Gasteiger partial charge < -0.3 is 10.1 Å². The van der Waals surface area contributed by atoms with E-state index in [1.54, 1.807) is 6.20 Å². The molecule has 0 aromatic carbocycles. The van der Waals surface area contributed by atoms with Gasteiger partial charge in [0, 0.05) is 26.0 Å². The Hall–Kier alpha value is -1.16. The minimum absolute atomic E-state index is 0.316. The number of ether oxygens (including phenoxy) is 1. The summed E-state index contributed by atoms with van der Waals surface area (Å²) in [6.45, 7) is 8.94. The molecule has 1 fully saturated rings. The van der Waals surface area contributed by atoms with E-state index in [-0.39, 0.29) is 0 Å². The Balaban J connectivity index is 1.99. The molecule has 0 saturated carbocycles. The fourth-order valence-corrected chi connectivity index (χ4v) is 2.04. The molecule has 17 heavy (non-hydrogen) atoms. The van der Waals surface area contributed by atoms with Gasteiger partial charge in [-0.2, -0.15) is 0 Å². The Labute approximate surface area is 103 Å². The molecule has 1 aliphatic rings. The minimum Gasteiger partial charge on any atom is -0.381 e. The van der Waals surface area contributed by atoms with Crippen LogP contribution in [0.5, 0.6) is 0 Å². The Morgan fingerprint density at radius 2 is 2.06 bits per heavy atom. The topological polar surface area (TPSA) is 47.0 Å². The Bertz CT molecular complexity index is 386. The van der Waals surface area contributed by atoms with Crippen LogP contribution in [0, 0.1) is 19.3 Å². The average molecular weight is 235 g/mol. The van der Waals surface area contributed by atoms with Crippen LogP contribution in [0.1, 0.15) is 31.2 Å². The summed E-state index contributed by atoms with van der Waals surface area (Å²) in [6, 6.07) is 0. The number of rotatable bonds is 3. The third-order valence-electron chi connectivity index (χ3n) is 3.46. The average Bonchev–Trinajstić information content (AvgIpc) is 2.31. The third kappa shape index (κ3) is 3.16. The van der Waals surface area contributed by atoms with E-state index in [1.165, 1.54) is 0 Å². The number of anilines is 1. The van der Waals surface area contributed by atoms with Gasteiger partial charge in [0.05, 0.1) is 11.4 Å². The van der Waals surface area contributed by atoms with E-state index in [0.29, 0.717) is 5.41 Å². The summed E-state index contributed by atoms with van der Waals surface area (Å²) in [5.41, 5.74) is 2.23. The molecule has 2 heterocycles. The lowest BCUT2D eigenvalue weighted by Crippen LogP contribution is -2.33. The van der Waals surface area contributed by atoms with Crippen LogP contribution in [0.15, 0.2) is 6.20 Å². The minimum atomic E-state index is 0.316. The van der Waals surface area contributed by atoms with Gasteiger partial charge in [-0.25, -0.2) is 4.98 Å². The summed E-state index contributed by atoms with van der Waals surface area (Å²) in [5.74, 6) is 0.915. The monoisotopic (exact) mass is 235 g/mol. The highest BCUT2D eigenvalue weighted by atomic mass is 16.5. The fraction of sp³-hybridized carbons (Fsp3) is 0.692. The number of hydrogen-bond acceptors (Lipinski definition) is 4. The Kier molecular flexibility index (Phi) is 3.62. The lowest BCUT2D eigenvalue weighted by molar-refractivity contribution is 0.0299. The Morgan fingerprint density at radius 1 is 1.35 bits per heavy atom. The first-order valence-electron chi connectivity index (χ1n) is 6.21. The molecule has 0 bridgehead atoms. The summed E-state index contributed by atoms with van der Waals surface area (Å²) in [6.07, 6.45) is 4.02. The predicted octanol–water partition coefficient (Wildman–Crippen LogP) is 2.32. The molecule has 1 aromatic rings. The van der Waals surface area contributed by atoms with Crippen LogP contribution in [-0.4, -0.2) is 29.7 Å². The van der Waals surface area contributed by atoms with Crippen molar-refractivity contribution < 1.29 is 4.74 Å². The lowest BCUT2D eigenvalue weighted by atomic mass is 9.82. The van der Waals surface area contributed by atoms with Gasteiger partial charge in [0.2, 0.25) is 0 Å². The van der Waals surface area contributed by atoms with Crippen LogP contribution in [0.25, 0.3) is 0 Å². The first kappa shape index (κ1) is 12.3. The fourth-order valence-electron chi connectivity index (χ4n) is 2.04. The molecule has 0 unspecified atom stereocenters. The SMILES string of the molecule is Cc1cnc(C)c(NCC2(C)CCOCC2)n1. The maximum Gasteiger partial charge on any atom is 0.147 e. The molecule has 1 saturated heterocycles. The van der Waals surface area contributed by atoms with Gasteiger partial charge in [0.15, 0.2) is 0 Å². The van der Waals surface area contributed by atoms with Crippen molar-refractivity contribution in [1.29, 1.82) is 0 Å². The highest BCUT2D eigenvalue weighted by molar-refractivity contribution is 5.39. The van der Waals surface area contributed by atoms with Crippen molar-refractivity contribution in [1.82, 2.24) is 9.97 Å². The van der Waals surface area contributed by atoms with Crippen LogP contribution in [0.4, 0.5) is 5.82 Å². The molecule has 2 rings (SSSR count). The largest absolute Gasteiger partial charge is 0.381 e. The zero-order chi connectivity index (χ0) is 12.3. The van der Waals surface area contributed by atoms with Crippen LogP contribution < -0.4 is 5.32 Å². The van der Waals surface area contributed by atoms with E-state index < -0.39 is 0 Å². The molecule has 0 amide bonds. The number of nitrogens with zero attached hydrogens (tertiary/aromatic N) is 2. The van der Waals surface area contributed by atoms with Crippen LogP contribution >= 0.6 is 0 Å². The van der Waals surface area contributed by atoms with Crippen molar-refractivity contribution in [3.8, 4) is 0 Å². The lowest BCUT2D eigenvalue weighted by Gasteiger charge is -2.33. The van der Waals surface area contributed by atoms with Crippen LogP contribution in [0.2, 0.25) is 0 Å². The van der Waals surface area contributed by atoms with Gasteiger partial charge in [0.1, 0.15) is 5.82 Å². The zero-order valence-corrected chi connectivity index (χ0v) is 10.9. The molecule has 0 aliphatic carbocycles. The second kappa shape index (κ2) is 5.00. The molecule has 0 spiro atoms. The number of aryl methyl sites for hydroxylation is 2. The first-order chi connectivity index (χ1) is 8.09. The number of aromatic nitrogens is 2. The summed E-state index contributed by atoms with van der Waals surface area (Å²) < 4.78 is 5.40. The highest BCUT2D eigenvalue weighted by Crippen LogP contribution is 2.29. The van der Waals surface area contributed by atoms with E-state index in [1.807, 2.05) is 13.8 Å². The van der Waals surface area contributed by atoms with Crippen LogP contribution in [0.3, 0.4) is 0 Å². The van der Waals surface area contributed by atoms with Gasteiger partial charge in [0.25, 0.3) is 0 Å². The predicted molar refractivity (Wildman–Crippen MR) is 68.2 cm³/mol. The molecule has 0 atom stereocenters. The number of hydrogen-bond donors (Lipinski definition) is 1. The molecule has 94 valence electrons. The van der Waals surface area contributed by atoms with Crippen molar-refractivity contribution in [2.24, 2.45) is 5.41 Å². The molecule has 1 aromatic heterocycles. The van der Waals surface area contributed by atoms with Gasteiger partial charge >= 0.3 is 0 Å². The Morgan fingerprint density at radius 3 is 2.76 bits per heavy atom.